The molecule has 5 nitrogen and oxygen atoms in total. The lowest BCUT2D eigenvalue weighted by Gasteiger charge is -2.33. The lowest BCUT2D eigenvalue weighted by atomic mass is 10.1. The largest absolute Gasteiger partial charge is 0.335 e. The van der Waals surface area contributed by atoms with E-state index in [9.17, 15) is 9.18 Å². The van der Waals surface area contributed by atoms with Gasteiger partial charge in [0.05, 0.1) is 5.69 Å². The highest BCUT2D eigenvalue weighted by Gasteiger charge is 2.25. The van der Waals surface area contributed by atoms with Crippen LogP contribution in [0.5, 0.6) is 0 Å². The third kappa shape index (κ3) is 3.05. The summed E-state index contributed by atoms with van der Waals surface area (Å²) in [5, 5.41) is 5.29. The highest BCUT2D eigenvalue weighted by atomic mass is 32.1. The van der Waals surface area contributed by atoms with Crippen LogP contribution in [0.15, 0.2) is 35.8 Å². The number of rotatable bonds is 3. The maximum absolute atomic E-state index is 13.1. The van der Waals surface area contributed by atoms with E-state index in [2.05, 4.69) is 17.2 Å². The van der Waals surface area contributed by atoms with Crippen LogP contribution in [0.25, 0.3) is 16.2 Å². The number of aromatic nitrogens is 2. The third-order valence-corrected chi connectivity index (χ3v) is 5.44. The normalized spacial score (nSPS) is 18.0. The van der Waals surface area contributed by atoms with Crippen molar-refractivity contribution in [2.75, 3.05) is 19.6 Å². The standard InChI is InChI=1S/C18H19FN4OS/c1-2-14-9-22(8-7-20-14)17(24)16-11-25-18-21-15(10-23(16)18)12-3-5-13(19)6-4-12/h3-6,10-11,14,20H,2,7-9H2,1H3/t14-/m1/s1. The number of fused-ring (bicyclic) bond motifs is 1. The summed E-state index contributed by atoms with van der Waals surface area (Å²) in [5.41, 5.74) is 2.22. The first kappa shape index (κ1) is 16.2. The molecule has 1 N–H and O–H groups in total. The number of benzene rings is 1. The molecule has 1 atom stereocenters. The molecule has 0 saturated carbocycles. The first-order chi connectivity index (χ1) is 12.2. The molecule has 0 radical (unpaired) electrons. The van der Waals surface area contributed by atoms with E-state index in [-0.39, 0.29) is 11.7 Å². The average molecular weight is 358 g/mol. The summed E-state index contributed by atoms with van der Waals surface area (Å²) in [4.78, 5) is 20.2. The maximum atomic E-state index is 13.1. The van der Waals surface area contributed by atoms with Crippen LogP contribution >= 0.6 is 11.3 Å². The van der Waals surface area contributed by atoms with E-state index in [1.165, 1.54) is 23.5 Å². The second-order valence-electron chi connectivity index (χ2n) is 6.22. The minimum absolute atomic E-state index is 0.0363. The van der Waals surface area contributed by atoms with Crippen molar-refractivity contribution in [2.45, 2.75) is 19.4 Å². The highest BCUT2D eigenvalue weighted by molar-refractivity contribution is 7.15. The Labute approximate surface area is 149 Å². The first-order valence-corrected chi connectivity index (χ1v) is 9.29. The lowest BCUT2D eigenvalue weighted by molar-refractivity contribution is 0.0695. The predicted molar refractivity (Wildman–Crippen MR) is 96.4 cm³/mol. The van der Waals surface area contributed by atoms with Crippen LogP contribution in [0.4, 0.5) is 4.39 Å². The van der Waals surface area contributed by atoms with Gasteiger partial charge < -0.3 is 10.2 Å². The van der Waals surface area contributed by atoms with Crippen molar-refractivity contribution in [3.05, 3.63) is 47.4 Å². The van der Waals surface area contributed by atoms with Crippen LogP contribution < -0.4 is 5.32 Å². The minimum Gasteiger partial charge on any atom is -0.335 e. The molecule has 3 aromatic rings. The Balaban J connectivity index is 1.64. The van der Waals surface area contributed by atoms with Gasteiger partial charge in [-0.2, -0.15) is 0 Å². The van der Waals surface area contributed by atoms with Crippen molar-refractivity contribution in [1.82, 2.24) is 19.6 Å². The number of hydrogen-bond donors (Lipinski definition) is 1. The third-order valence-electron chi connectivity index (χ3n) is 4.60. The summed E-state index contributed by atoms with van der Waals surface area (Å²) < 4.78 is 14.9. The summed E-state index contributed by atoms with van der Waals surface area (Å²) in [6.07, 6.45) is 2.86. The number of thiazole rings is 1. The van der Waals surface area contributed by atoms with E-state index in [0.29, 0.717) is 18.3 Å². The second kappa shape index (κ2) is 6.57. The molecular weight excluding hydrogens is 339 g/mol. The van der Waals surface area contributed by atoms with E-state index in [1.54, 1.807) is 12.1 Å². The van der Waals surface area contributed by atoms with E-state index in [4.69, 9.17) is 0 Å². The van der Waals surface area contributed by atoms with Gasteiger partial charge in [0, 0.05) is 42.8 Å². The van der Waals surface area contributed by atoms with E-state index in [0.717, 1.165) is 35.7 Å². The van der Waals surface area contributed by atoms with Crippen LogP contribution in [0, 0.1) is 5.82 Å². The molecule has 1 saturated heterocycles. The number of hydrogen-bond acceptors (Lipinski definition) is 4. The molecule has 130 valence electrons. The highest BCUT2D eigenvalue weighted by Crippen LogP contribution is 2.25. The Bertz CT molecular complexity index is 902. The summed E-state index contributed by atoms with van der Waals surface area (Å²) in [7, 11) is 0. The van der Waals surface area contributed by atoms with Gasteiger partial charge in [-0.25, -0.2) is 9.37 Å². The summed E-state index contributed by atoms with van der Waals surface area (Å²) in [6, 6.07) is 6.59. The Morgan fingerprint density at radius 3 is 2.96 bits per heavy atom. The Morgan fingerprint density at radius 1 is 1.40 bits per heavy atom. The van der Waals surface area contributed by atoms with Gasteiger partial charge in [-0.3, -0.25) is 9.20 Å². The number of nitrogens with one attached hydrogen (secondary N) is 1. The second-order valence-corrected chi connectivity index (χ2v) is 7.05. The van der Waals surface area contributed by atoms with E-state index < -0.39 is 0 Å². The van der Waals surface area contributed by atoms with Gasteiger partial charge in [-0.1, -0.05) is 6.92 Å². The molecule has 0 spiro atoms. The molecule has 1 aromatic carbocycles. The maximum Gasteiger partial charge on any atom is 0.271 e. The Kier molecular flexibility index (Phi) is 4.27. The molecule has 2 aromatic heterocycles. The first-order valence-electron chi connectivity index (χ1n) is 8.41. The molecule has 0 bridgehead atoms. The number of imidazole rings is 1. The van der Waals surface area contributed by atoms with Crippen LogP contribution in [-0.4, -0.2) is 45.9 Å². The number of nitrogens with zero attached hydrogens (tertiary/aromatic N) is 3. The molecule has 3 heterocycles. The number of piperazine rings is 1. The van der Waals surface area contributed by atoms with Gasteiger partial charge in [0.2, 0.25) is 0 Å². The fourth-order valence-electron chi connectivity index (χ4n) is 3.14. The molecule has 7 heteroatoms. The zero-order valence-electron chi connectivity index (χ0n) is 13.9. The fraction of sp³-hybridized carbons (Fsp3) is 0.333. The topological polar surface area (TPSA) is 49.6 Å². The van der Waals surface area contributed by atoms with E-state index >= 15 is 0 Å². The summed E-state index contributed by atoms with van der Waals surface area (Å²) >= 11 is 1.45. The smallest absolute Gasteiger partial charge is 0.271 e. The van der Waals surface area contributed by atoms with Crippen LogP contribution in [-0.2, 0) is 0 Å². The monoisotopic (exact) mass is 358 g/mol. The Hall–Kier alpha value is -2.25. The zero-order valence-corrected chi connectivity index (χ0v) is 14.7. The van der Waals surface area contributed by atoms with Crippen LogP contribution in [0.3, 0.4) is 0 Å². The number of carbonyl (C=O) groups is 1. The molecule has 1 aliphatic rings. The van der Waals surface area contributed by atoms with Gasteiger partial charge >= 0.3 is 0 Å². The SMILES string of the molecule is CC[C@@H]1CN(C(=O)c2csc3nc(-c4ccc(F)cc4)cn23)CCN1. The number of amides is 1. The molecule has 4 rings (SSSR count). The molecular formula is C18H19FN4OS. The number of halogens is 1. The molecule has 1 aliphatic heterocycles. The van der Waals surface area contributed by atoms with Crippen LogP contribution in [0.2, 0.25) is 0 Å². The van der Waals surface area contributed by atoms with Crippen molar-refractivity contribution in [3.8, 4) is 11.3 Å². The molecule has 0 aliphatic carbocycles. The lowest BCUT2D eigenvalue weighted by Crippen LogP contribution is -2.52. The average Bonchev–Trinajstić information content (AvgIpc) is 3.22. The van der Waals surface area contributed by atoms with Crippen LogP contribution in [0.1, 0.15) is 23.8 Å². The molecule has 1 amide bonds. The van der Waals surface area contributed by atoms with Crippen molar-refractivity contribution in [2.24, 2.45) is 0 Å². The van der Waals surface area contributed by atoms with Crippen molar-refractivity contribution >= 4 is 22.2 Å². The van der Waals surface area contributed by atoms with Gasteiger partial charge in [-0.05, 0) is 30.7 Å². The van der Waals surface area contributed by atoms with Gasteiger partial charge in [-0.15, -0.1) is 11.3 Å². The van der Waals surface area contributed by atoms with Gasteiger partial charge in [0.1, 0.15) is 11.5 Å². The van der Waals surface area contributed by atoms with Crippen molar-refractivity contribution < 1.29 is 9.18 Å². The summed E-state index contributed by atoms with van der Waals surface area (Å²) in [5.74, 6) is -0.237. The number of carbonyl (C=O) groups excluding carboxylic acids is 1. The van der Waals surface area contributed by atoms with E-state index in [1.807, 2.05) is 20.9 Å². The Morgan fingerprint density at radius 2 is 2.20 bits per heavy atom. The molecule has 1 fully saturated rings. The predicted octanol–water partition coefficient (Wildman–Crippen LogP) is 3.03. The van der Waals surface area contributed by atoms with Gasteiger partial charge in [0.15, 0.2) is 4.96 Å². The van der Waals surface area contributed by atoms with Crippen molar-refractivity contribution in [3.63, 3.8) is 0 Å². The molecule has 0 unspecified atom stereocenters. The summed E-state index contributed by atoms with van der Waals surface area (Å²) in [6.45, 7) is 4.39. The quantitative estimate of drug-likeness (QED) is 0.783. The zero-order chi connectivity index (χ0) is 17.4. The minimum atomic E-state index is -0.273. The van der Waals surface area contributed by atoms with Gasteiger partial charge in [0.25, 0.3) is 5.91 Å². The fourth-order valence-corrected chi connectivity index (χ4v) is 3.99. The van der Waals surface area contributed by atoms with Crippen molar-refractivity contribution in [1.29, 1.82) is 0 Å². The molecule has 25 heavy (non-hydrogen) atoms.